The molecule has 1 aliphatic heterocycles. The quantitative estimate of drug-likeness (QED) is 0.733. The fraction of sp³-hybridized carbons (Fsp3) is 1.00. The Morgan fingerprint density at radius 3 is 2.71 bits per heavy atom. The van der Waals surface area contributed by atoms with E-state index < -0.39 is 0 Å². The van der Waals surface area contributed by atoms with Crippen LogP contribution in [-0.4, -0.2) is 35.7 Å². The summed E-state index contributed by atoms with van der Waals surface area (Å²) in [7, 11) is 0. The molecule has 0 bridgehead atoms. The maximum absolute atomic E-state index is 9.76. The Morgan fingerprint density at radius 2 is 2.14 bits per heavy atom. The Bertz CT molecular complexity index is 158. The molecule has 0 aromatic carbocycles. The Balaban J connectivity index is 2.21. The fourth-order valence-electron chi connectivity index (χ4n) is 2.20. The molecule has 1 N–H and O–H groups in total. The van der Waals surface area contributed by atoms with Crippen molar-refractivity contribution in [1.82, 2.24) is 4.90 Å². The molecule has 2 heteroatoms. The number of likely N-dealkylation sites (tertiary alicyclic amines) is 1. The minimum absolute atomic E-state index is 0.143. The molecule has 1 rings (SSSR count). The third-order valence-corrected chi connectivity index (χ3v) is 3.28. The van der Waals surface area contributed by atoms with Crippen LogP contribution < -0.4 is 0 Å². The van der Waals surface area contributed by atoms with Crippen LogP contribution in [0.15, 0.2) is 0 Å². The Morgan fingerprint density at radius 1 is 1.43 bits per heavy atom. The second-order valence-corrected chi connectivity index (χ2v) is 5.01. The van der Waals surface area contributed by atoms with Crippen molar-refractivity contribution in [2.75, 3.05) is 19.6 Å². The molecule has 0 amide bonds. The molecule has 0 spiro atoms. The fourth-order valence-corrected chi connectivity index (χ4v) is 2.20. The summed E-state index contributed by atoms with van der Waals surface area (Å²) in [4.78, 5) is 2.42. The van der Waals surface area contributed by atoms with Gasteiger partial charge in [0, 0.05) is 13.1 Å². The first-order valence-electron chi connectivity index (χ1n) is 6.04. The van der Waals surface area contributed by atoms with E-state index in [9.17, 15) is 5.11 Å². The maximum atomic E-state index is 9.76. The van der Waals surface area contributed by atoms with Gasteiger partial charge in [0.05, 0.1) is 6.10 Å². The van der Waals surface area contributed by atoms with Gasteiger partial charge in [0.15, 0.2) is 0 Å². The molecular weight excluding hydrogens is 174 g/mol. The monoisotopic (exact) mass is 199 g/mol. The molecule has 2 atom stereocenters. The van der Waals surface area contributed by atoms with Gasteiger partial charge < -0.3 is 10.0 Å². The Kier molecular flexibility index (Phi) is 4.90. The SMILES string of the molecule is CCCC1CCN(CC(O)C(C)C)C1. The van der Waals surface area contributed by atoms with Crippen molar-refractivity contribution < 1.29 is 5.11 Å². The minimum atomic E-state index is -0.143. The molecule has 2 unspecified atom stereocenters. The van der Waals surface area contributed by atoms with E-state index in [1.165, 1.54) is 32.4 Å². The highest BCUT2D eigenvalue weighted by molar-refractivity contribution is 4.77. The number of hydrogen-bond acceptors (Lipinski definition) is 2. The molecule has 1 heterocycles. The molecule has 1 saturated heterocycles. The van der Waals surface area contributed by atoms with E-state index in [0.717, 1.165) is 12.5 Å². The average Bonchev–Trinajstić information content (AvgIpc) is 2.53. The van der Waals surface area contributed by atoms with Gasteiger partial charge in [-0.3, -0.25) is 0 Å². The molecule has 0 aliphatic carbocycles. The molecule has 1 aliphatic rings. The smallest absolute Gasteiger partial charge is 0.0689 e. The summed E-state index contributed by atoms with van der Waals surface area (Å²) < 4.78 is 0. The summed E-state index contributed by atoms with van der Waals surface area (Å²) >= 11 is 0. The van der Waals surface area contributed by atoms with Crippen LogP contribution in [-0.2, 0) is 0 Å². The molecule has 0 radical (unpaired) electrons. The molecule has 14 heavy (non-hydrogen) atoms. The largest absolute Gasteiger partial charge is 0.392 e. The van der Waals surface area contributed by atoms with E-state index in [1.54, 1.807) is 0 Å². The van der Waals surface area contributed by atoms with E-state index >= 15 is 0 Å². The van der Waals surface area contributed by atoms with Crippen LogP contribution in [0.25, 0.3) is 0 Å². The number of aliphatic hydroxyl groups is 1. The molecule has 2 nitrogen and oxygen atoms in total. The first-order valence-corrected chi connectivity index (χ1v) is 6.04. The molecule has 0 aromatic heterocycles. The zero-order valence-corrected chi connectivity index (χ0v) is 9.87. The highest BCUT2D eigenvalue weighted by Crippen LogP contribution is 2.21. The van der Waals surface area contributed by atoms with Crippen LogP contribution in [0.5, 0.6) is 0 Å². The topological polar surface area (TPSA) is 23.5 Å². The molecule has 84 valence electrons. The first kappa shape index (κ1) is 12.0. The summed E-state index contributed by atoms with van der Waals surface area (Å²) in [6.45, 7) is 9.70. The summed E-state index contributed by atoms with van der Waals surface area (Å²) in [5, 5.41) is 9.76. The van der Waals surface area contributed by atoms with Gasteiger partial charge in [-0.25, -0.2) is 0 Å². The number of nitrogens with zero attached hydrogens (tertiary/aromatic N) is 1. The van der Waals surface area contributed by atoms with Gasteiger partial charge in [0.1, 0.15) is 0 Å². The molecule has 1 fully saturated rings. The lowest BCUT2D eigenvalue weighted by atomic mass is 10.0. The van der Waals surface area contributed by atoms with E-state index in [1.807, 2.05) is 0 Å². The zero-order valence-electron chi connectivity index (χ0n) is 9.87. The van der Waals surface area contributed by atoms with Crippen LogP contribution >= 0.6 is 0 Å². The van der Waals surface area contributed by atoms with E-state index in [2.05, 4.69) is 25.7 Å². The van der Waals surface area contributed by atoms with Gasteiger partial charge in [-0.05, 0) is 31.2 Å². The third-order valence-electron chi connectivity index (χ3n) is 3.28. The first-order chi connectivity index (χ1) is 6.63. The second kappa shape index (κ2) is 5.72. The third kappa shape index (κ3) is 3.58. The van der Waals surface area contributed by atoms with Gasteiger partial charge in [0.2, 0.25) is 0 Å². The average molecular weight is 199 g/mol. The van der Waals surface area contributed by atoms with Crippen LogP contribution in [0.2, 0.25) is 0 Å². The number of β-amino-alcohol motifs (C(OH)–C–C–N with tert-alkyl or cyclic N) is 1. The second-order valence-electron chi connectivity index (χ2n) is 5.01. The van der Waals surface area contributed by atoms with Gasteiger partial charge >= 0.3 is 0 Å². The summed E-state index contributed by atoms with van der Waals surface area (Å²) in [5.74, 6) is 1.28. The van der Waals surface area contributed by atoms with Gasteiger partial charge in [-0.1, -0.05) is 27.2 Å². The highest BCUT2D eigenvalue weighted by atomic mass is 16.3. The summed E-state index contributed by atoms with van der Waals surface area (Å²) in [6, 6.07) is 0. The molecular formula is C12H25NO. The maximum Gasteiger partial charge on any atom is 0.0689 e. The Hall–Kier alpha value is -0.0800. The lowest BCUT2D eigenvalue weighted by Crippen LogP contribution is -2.33. The lowest BCUT2D eigenvalue weighted by molar-refractivity contribution is 0.0840. The van der Waals surface area contributed by atoms with Crippen LogP contribution in [0.4, 0.5) is 0 Å². The predicted molar refractivity (Wildman–Crippen MR) is 60.3 cm³/mol. The summed E-state index contributed by atoms with van der Waals surface area (Å²) in [6.07, 6.45) is 3.84. The molecule has 0 aromatic rings. The van der Waals surface area contributed by atoms with E-state index in [-0.39, 0.29) is 6.10 Å². The highest BCUT2D eigenvalue weighted by Gasteiger charge is 2.23. The number of hydrogen-bond donors (Lipinski definition) is 1. The number of aliphatic hydroxyl groups excluding tert-OH is 1. The normalized spacial score (nSPS) is 25.9. The van der Waals surface area contributed by atoms with Crippen molar-refractivity contribution in [3.05, 3.63) is 0 Å². The predicted octanol–water partition coefficient (Wildman–Crippen LogP) is 2.13. The minimum Gasteiger partial charge on any atom is -0.392 e. The van der Waals surface area contributed by atoms with Crippen molar-refractivity contribution >= 4 is 0 Å². The van der Waals surface area contributed by atoms with Crippen LogP contribution in [0.3, 0.4) is 0 Å². The van der Waals surface area contributed by atoms with Gasteiger partial charge in [0.25, 0.3) is 0 Å². The van der Waals surface area contributed by atoms with Crippen molar-refractivity contribution in [3.63, 3.8) is 0 Å². The van der Waals surface area contributed by atoms with Gasteiger partial charge in [-0.2, -0.15) is 0 Å². The van der Waals surface area contributed by atoms with Gasteiger partial charge in [-0.15, -0.1) is 0 Å². The summed E-state index contributed by atoms with van der Waals surface area (Å²) in [5.41, 5.74) is 0. The van der Waals surface area contributed by atoms with Crippen LogP contribution in [0, 0.1) is 11.8 Å². The van der Waals surface area contributed by atoms with Crippen molar-refractivity contribution in [2.24, 2.45) is 11.8 Å². The lowest BCUT2D eigenvalue weighted by Gasteiger charge is -2.22. The standard InChI is InChI=1S/C12H25NO/c1-4-5-11-6-7-13(8-11)9-12(14)10(2)3/h10-12,14H,4-9H2,1-3H3. The zero-order chi connectivity index (χ0) is 10.6. The number of rotatable bonds is 5. The van der Waals surface area contributed by atoms with E-state index in [4.69, 9.17) is 0 Å². The van der Waals surface area contributed by atoms with Crippen molar-refractivity contribution in [2.45, 2.75) is 46.1 Å². The molecule has 0 saturated carbocycles. The van der Waals surface area contributed by atoms with Crippen molar-refractivity contribution in [3.8, 4) is 0 Å². The van der Waals surface area contributed by atoms with E-state index in [0.29, 0.717) is 5.92 Å². The van der Waals surface area contributed by atoms with Crippen LogP contribution in [0.1, 0.15) is 40.0 Å². The Labute approximate surface area is 88.3 Å². The van der Waals surface area contributed by atoms with Crippen molar-refractivity contribution in [1.29, 1.82) is 0 Å².